The monoisotopic (exact) mass is 261 g/mol. The number of hydrogen-bond acceptors (Lipinski definition) is 3. The molecule has 0 saturated heterocycles. The van der Waals surface area contributed by atoms with Crippen molar-refractivity contribution >= 4 is 0 Å². The van der Waals surface area contributed by atoms with Gasteiger partial charge in [0, 0.05) is 18.2 Å². The summed E-state index contributed by atoms with van der Waals surface area (Å²) in [4.78, 5) is 2.41. The zero-order valence-electron chi connectivity index (χ0n) is 11.7. The van der Waals surface area contributed by atoms with Gasteiger partial charge < -0.3 is 9.84 Å². The second-order valence-corrected chi connectivity index (χ2v) is 6.09. The summed E-state index contributed by atoms with van der Waals surface area (Å²) in [6, 6.07) is 8.35. The highest BCUT2D eigenvalue weighted by Gasteiger charge is 2.37. The Hall–Kier alpha value is -1.06. The standard InChI is InChI=1S/C16H23NO2/c1-11(2)17(9-12-7-8-12)14-10-19-15-6-4-3-5-13(15)16(14)18/h3-6,11-12,14,16,18H,7-10H2,1-2H3. The number of rotatable bonds is 4. The second-order valence-electron chi connectivity index (χ2n) is 6.09. The van der Waals surface area contributed by atoms with Gasteiger partial charge in [0.25, 0.3) is 0 Å². The molecule has 0 bridgehead atoms. The van der Waals surface area contributed by atoms with Crippen LogP contribution in [0, 0.1) is 5.92 Å². The van der Waals surface area contributed by atoms with E-state index in [1.54, 1.807) is 0 Å². The van der Waals surface area contributed by atoms with Crippen molar-refractivity contribution in [3.8, 4) is 5.75 Å². The lowest BCUT2D eigenvalue weighted by atomic mass is 9.96. The van der Waals surface area contributed by atoms with Crippen molar-refractivity contribution in [1.29, 1.82) is 0 Å². The minimum atomic E-state index is -0.439. The molecule has 3 nitrogen and oxygen atoms in total. The average molecular weight is 261 g/mol. The molecule has 1 aliphatic heterocycles. The van der Waals surface area contributed by atoms with Gasteiger partial charge in [0.2, 0.25) is 0 Å². The Kier molecular flexibility index (Phi) is 3.50. The highest BCUT2D eigenvalue weighted by atomic mass is 16.5. The summed E-state index contributed by atoms with van der Waals surface area (Å²) in [5.41, 5.74) is 0.931. The molecule has 1 aliphatic carbocycles. The summed E-state index contributed by atoms with van der Waals surface area (Å²) in [6.45, 7) is 6.08. The Labute approximate surface area is 115 Å². The number of ether oxygens (including phenoxy) is 1. The fraction of sp³-hybridized carbons (Fsp3) is 0.625. The van der Waals surface area contributed by atoms with Crippen LogP contribution in [0.3, 0.4) is 0 Å². The van der Waals surface area contributed by atoms with Gasteiger partial charge in [-0.3, -0.25) is 4.90 Å². The molecular formula is C16H23NO2. The Bertz CT molecular complexity index is 442. The van der Waals surface area contributed by atoms with Gasteiger partial charge in [0.15, 0.2) is 0 Å². The van der Waals surface area contributed by atoms with Crippen LogP contribution in [-0.4, -0.2) is 35.2 Å². The molecule has 0 aromatic heterocycles. The Morgan fingerprint density at radius 3 is 2.74 bits per heavy atom. The van der Waals surface area contributed by atoms with Crippen LogP contribution in [0.5, 0.6) is 5.75 Å². The summed E-state index contributed by atoms with van der Waals surface area (Å²) >= 11 is 0. The maximum atomic E-state index is 10.7. The van der Waals surface area contributed by atoms with Gasteiger partial charge in [0.05, 0.1) is 6.04 Å². The molecule has 1 fully saturated rings. The van der Waals surface area contributed by atoms with Gasteiger partial charge in [-0.05, 0) is 38.7 Å². The van der Waals surface area contributed by atoms with Crippen molar-refractivity contribution in [2.45, 2.75) is 44.9 Å². The van der Waals surface area contributed by atoms with Crippen molar-refractivity contribution in [3.05, 3.63) is 29.8 Å². The molecule has 3 rings (SSSR count). The van der Waals surface area contributed by atoms with Crippen LogP contribution >= 0.6 is 0 Å². The maximum Gasteiger partial charge on any atom is 0.125 e. The van der Waals surface area contributed by atoms with Crippen LogP contribution in [0.1, 0.15) is 38.4 Å². The third-order valence-corrected chi connectivity index (χ3v) is 4.27. The number of aliphatic hydroxyl groups excluding tert-OH is 1. The lowest BCUT2D eigenvalue weighted by Gasteiger charge is -2.40. The van der Waals surface area contributed by atoms with Crippen LogP contribution in [0.4, 0.5) is 0 Å². The number of fused-ring (bicyclic) bond motifs is 1. The van der Waals surface area contributed by atoms with Gasteiger partial charge in [-0.25, -0.2) is 0 Å². The third kappa shape index (κ3) is 2.63. The average Bonchev–Trinajstić information content (AvgIpc) is 3.21. The Morgan fingerprint density at radius 2 is 2.05 bits per heavy atom. The predicted molar refractivity (Wildman–Crippen MR) is 75.3 cm³/mol. The van der Waals surface area contributed by atoms with E-state index in [1.165, 1.54) is 12.8 Å². The quantitative estimate of drug-likeness (QED) is 0.904. The van der Waals surface area contributed by atoms with Gasteiger partial charge in [0.1, 0.15) is 18.5 Å². The highest BCUT2D eigenvalue weighted by molar-refractivity contribution is 5.37. The first-order valence-corrected chi connectivity index (χ1v) is 7.32. The fourth-order valence-corrected chi connectivity index (χ4v) is 2.93. The molecule has 0 radical (unpaired) electrons. The first-order valence-electron chi connectivity index (χ1n) is 7.32. The molecule has 2 unspecified atom stereocenters. The summed E-state index contributed by atoms with van der Waals surface area (Å²) in [5.74, 6) is 1.66. The summed E-state index contributed by atoms with van der Waals surface area (Å²) < 4.78 is 5.84. The highest BCUT2D eigenvalue weighted by Crippen LogP contribution is 2.37. The minimum absolute atomic E-state index is 0.0792. The van der Waals surface area contributed by atoms with Gasteiger partial charge >= 0.3 is 0 Å². The maximum absolute atomic E-state index is 10.7. The molecule has 0 amide bonds. The molecule has 1 aromatic rings. The lowest BCUT2D eigenvalue weighted by molar-refractivity contribution is -0.0127. The van der Waals surface area contributed by atoms with E-state index in [0.29, 0.717) is 12.6 Å². The van der Waals surface area contributed by atoms with E-state index in [1.807, 2.05) is 24.3 Å². The van der Waals surface area contributed by atoms with E-state index in [0.717, 1.165) is 23.8 Å². The van der Waals surface area contributed by atoms with E-state index in [2.05, 4.69) is 18.7 Å². The molecule has 104 valence electrons. The number of nitrogens with zero attached hydrogens (tertiary/aromatic N) is 1. The lowest BCUT2D eigenvalue weighted by Crippen LogP contribution is -2.49. The van der Waals surface area contributed by atoms with Crippen molar-refractivity contribution in [1.82, 2.24) is 4.90 Å². The van der Waals surface area contributed by atoms with Crippen LogP contribution < -0.4 is 4.74 Å². The molecule has 2 atom stereocenters. The summed E-state index contributed by atoms with van der Waals surface area (Å²) in [7, 11) is 0. The van der Waals surface area contributed by atoms with Crippen LogP contribution in [-0.2, 0) is 0 Å². The number of benzene rings is 1. The molecule has 2 aliphatic rings. The molecule has 0 spiro atoms. The molecule has 19 heavy (non-hydrogen) atoms. The predicted octanol–water partition coefficient (Wildman–Crippen LogP) is 2.60. The zero-order valence-corrected chi connectivity index (χ0v) is 11.7. The van der Waals surface area contributed by atoms with Crippen molar-refractivity contribution in [2.75, 3.05) is 13.2 Å². The zero-order chi connectivity index (χ0) is 13.4. The molecule has 1 heterocycles. The molecular weight excluding hydrogens is 238 g/mol. The topological polar surface area (TPSA) is 32.7 Å². The van der Waals surface area contributed by atoms with E-state index in [-0.39, 0.29) is 6.04 Å². The molecule has 3 heteroatoms. The fourth-order valence-electron chi connectivity index (χ4n) is 2.93. The van der Waals surface area contributed by atoms with Crippen molar-refractivity contribution in [2.24, 2.45) is 5.92 Å². The normalized spacial score (nSPS) is 26.4. The number of aliphatic hydroxyl groups is 1. The first-order chi connectivity index (χ1) is 9.16. The van der Waals surface area contributed by atoms with Crippen LogP contribution in [0.2, 0.25) is 0 Å². The first kappa shape index (κ1) is 12.9. The van der Waals surface area contributed by atoms with E-state index < -0.39 is 6.10 Å². The van der Waals surface area contributed by atoms with Crippen molar-refractivity contribution in [3.63, 3.8) is 0 Å². The molecule has 1 aromatic carbocycles. The summed E-state index contributed by atoms with van der Waals surface area (Å²) in [5, 5.41) is 10.7. The van der Waals surface area contributed by atoms with Crippen molar-refractivity contribution < 1.29 is 9.84 Å². The molecule has 1 saturated carbocycles. The smallest absolute Gasteiger partial charge is 0.125 e. The van der Waals surface area contributed by atoms with Gasteiger partial charge in [-0.1, -0.05) is 18.2 Å². The van der Waals surface area contributed by atoms with E-state index >= 15 is 0 Å². The van der Waals surface area contributed by atoms with Gasteiger partial charge in [-0.15, -0.1) is 0 Å². The number of hydrogen-bond donors (Lipinski definition) is 1. The van der Waals surface area contributed by atoms with Crippen LogP contribution in [0.15, 0.2) is 24.3 Å². The van der Waals surface area contributed by atoms with E-state index in [9.17, 15) is 5.11 Å². The van der Waals surface area contributed by atoms with Gasteiger partial charge in [-0.2, -0.15) is 0 Å². The minimum Gasteiger partial charge on any atom is -0.491 e. The van der Waals surface area contributed by atoms with Crippen LogP contribution in [0.25, 0.3) is 0 Å². The molecule has 1 N–H and O–H groups in total. The SMILES string of the molecule is CC(C)N(CC1CC1)C1COc2ccccc2C1O. The Balaban J connectivity index is 1.80. The number of para-hydroxylation sites is 1. The summed E-state index contributed by atoms with van der Waals surface area (Å²) in [6.07, 6.45) is 2.23. The third-order valence-electron chi connectivity index (χ3n) is 4.27. The Morgan fingerprint density at radius 1 is 1.32 bits per heavy atom. The largest absolute Gasteiger partial charge is 0.491 e. The van der Waals surface area contributed by atoms with E-state index in [4.69, 9.17) is 4.74 Å². The second kappa shape index (κ2) is 5.14.